The van der Waals surface area contributed by atoms with Crippen LogP contribution in [0, 0.1) is 6.92 Å². The predicted molar refractivity (Wildman–Crippen MR) is 103 cm³/mol. The number of thioether (sulfide) groups is 1. The minimum absolute atomic E-state index is 0.132. The quantitative estimate of drug-likeness (QED) is 0.671. The van der Waals surface area contributed by atoms with Crippen LogP contribution in [-0.2, 0) is 4.79 Å². The summed E-state index contributed by atoms with van der Waals surface area (Å²) in [6.07, 6.45) is 0.487. The lowest BCUT2D eigenvalue weighted by Gasteiger charge is -2.34. The number of piperazine rings is 1. The van der Waals surface area contributed by atoms with Crippen LogP contribution >= 0.6 is 27.7 Å². The highest BCUT2D eigenvalue weighted by molar-refractivity contribution is 9.10. The van der Waals surface area contributed by atoms with Crippen molar-refractivity contribution in [2.75, 3.05) is 31.9 Å². The van der Waals surface area contributed by atoms with Crippen molar-refractivity contribution in [3.8, 4) is 0 Å². The minimum atomic E-state index is -0.165. The Kier molecular flexibility index (Phi) is 6.37. The molecule has 0 unspecified atom stereocenters. The van der Waals surface area contributed by atoms with Gasteiger partial charge in [0.1, 0.15) is 0 Å². The molecule has 1 fully saturated rings. The number of carbonyl (C=O) groups is 2. The molecule has 0 radical (unpaired) electrons. The van der Waals surface area contributed by atoms with Crippen molar-refractivity contribution in [3.05, 3.63) is 46.3 Å². The molecule has 1 aromatic carbocycles. The first-order valence-electron chi connectivity index (χ1n) is 8.42. The molecule has 2 amide bonds. The zero-order valence-electron chi connectivity index (χ0n) is 14.5. The van der Waals surface area contributed by atoms with E-state index >= 15 is 0 Å². The maximum atomic E-state index is 12.4. The van der Waals surface area contributed by atoms with Gasteiger partial charge in [-0.3, -0.25) is 9.59 Å². The molecule has 138 valence electrons. The van der Waals surface area contributed by atoms with Crippen LogP contribution in [-0.4, -0.2) is 58.7 Å². The van der Waals surface area contributed by atoms with Crippen LogP contribution in [0.5, 0.6) is 0 Å². The Morgan fingerprint density at radius 3 is 2.54 bits per heavy atom. The van der Waals surface area contributed by atoms with E-state index in [-0.39, 0.29) is 17.6 Å². The van der Waals surface area contributed by atoms with Gasteiger partial charge >= 0.3 is 0 Å². The lowest BCUT2D eigenvalue weighted by molar-refractivity contribution is -0.132. The Morgan fingerprint density at radius 1 is 1.19 bits per heavy atom. The van der Waals surface area contributed by atoms with Gasteiger partial charge in [-0.05, 0) is 35.0 Å². The van der Waals surface area contributed by atoms with Gasteiger partial charge in [0, 0.05) is 53.8 Å². The van der Waals surface area contributed by atoms with Gasteiger partial charge in [-0.25, -0.2) is 0 Å². The highest BCUT2D eigenvalue weighted by Gasteiger charge is 2.26. The first kappa shape index (κ1) is 19.0. The number of halogens is 1. The third-order valence-corrected chi connectivity index (χ3v) is 6.20. The molecule has 0 aliphatic carbocycles. The van der Waals surface area contributed by atoms with Gasteiger partial charge in [0.05, 0.1) is 5.69 Å². The second-order valence-corrected chi connectivity index (χ2v) is 8.03. The second kappa shape index (κ2) is 8.73. The monoisotopic (exact) mass is 437 g/mol. The van der Waals surface area contributed by atoms with Crippen molar-refractivity contribution in [1.82, 2.24) is 15.0 Å². The lowest BCUT2D eigenvalue weighted by Crippen LogP contribution is -2.50. The molecule has 0 N–H and O–H groups in total. The summed E-state index contributed by atoms with van der Waals surface area (Å²) in [5.41, 5.74) is 0.685. The molecule has 6 nitrogen and oxygen atoms in total. The Hall–Kier alpha value is -1.80. The van der Waals surface area contributed by atoms with E-state index in [2.05, 4.69) is 21.1 Å². The molecule has 8 heteroatoms. The summed E-state index contributed by atoms with van der Waals surface area (Å²) in [5, 5.41) is 3.75. The predicted octanol–water partition coefficient (Wildman–Crippen LogP) is 3.21. The van der Waals surface area contributed by atoms with Gasteiger partial charge in [0.25, 0.3) is 5.91 Å². The number of carbonyl (C=O) groups excluding carboxylic acids is 2. The van der Waals surface area contributed by atoms with Crippen molar-refractivity contribution >= 4 is 39.5 Å². The third kappa shape index (κ3) is 4.67. The first-order valence-corrected chi connectivity index (χ1v) is 10.2. The zero-order chi connectivity index (χ0) is 18.5. The Balaban J connectivity index is 1.43. The number of aromatic nitrogens is 1. The van der Waals surface area contributed by atoms with Gasteiger partial charge in [-0.15, -0.1) is 11.8 Å². The first-order chi connectivity index (χ1) is 12.5. The summed E-state index contributed by atoms with van der Waals surface area (Å²) in [6, 6.07) is 9.63. The third-order valence-electron chi connectivity index (χ3n) is 4.17. The van der Waals surface area contributed by atoms with Crippen LogP contribution in [0.3, 0.4) is 0 Å². The van der Waals surface area contributed by atoms with Gasteiger partial charge in [-0.2, -0.15) is 0 Å². The summed E-state index contributed by atoms with van der Waals surface area (Å²) in [5.74, 6) is 0.958. The van der Waals surface area contributed by atoms with Crippen molar-refractivity contribution in [1.29, 1.82) is 0 Å². The summed E-state index contributed by atoms with van der Waals surface area (Å²) in [4.78, 5) is 29.4. The fraction of sp³-hybridized carbons (Fsp3) is 0.389. The molecule has 1 aliphatic rings. The Bertz CT molecular complexity index is 787. The van der Waals surface area contributed by atoms with Gasteiger partial charge in [0.2, 0.25) is 11.7 Å². The van der Waals surface area contributed by atoms with E-state index < -0.39 is 0 Å². The van der Waals surface area contributed by atoms with Crippen LogP contribution in [0.15, 0.2) is 44.2 Å². The minimum Gasteiger partial charge on any atom is -0.351 e. The Labute approximate surface area is 165 Å². The standard InChI is InChI=1S/C18H20BrN3O3S/c1-13-12-15(25-20-13)18(24)22-9-7-21(8-10-22)17(23)6-11-26-16-5-3-2-4-14(16)19/h2-5,12H,6-11H2,1H3. The summed E-state index contributed by atoms with van der Waals surface area (Å²) in [6.45, 7) is 3.92. The molecule has 3 rings (SSSR count). The van der Waals surface area contributed by atoms with E-state index in [1.807, 2.05) is 29.2 Å². The number of rotatable bonds is 5. The van der Waals surface area contributed by atoms with E-state index in [1.54, 1.807) is 29.7 Å². The normalized spacial score (nSPS) is 14.5. The second-order valence-electron chi connectivity index (χ2n) is 6.03. The number of aryl methyl sites for hydroxylation is 1. The van der Waals surface area contributed by atoms with Crippen LogP contribution in [0.1, 0.15) is 22.7 Å². The van der Waals surface area contributed by atoms with Gasteiger partial charge in [0.15, 0.2) is 0 Å². The maximum absolute atomic E-state index is 12.4. The maximum Gasteiger partial charge on any atom is 0.292 e. The highest BCUT2D eigenvalue weighted by atomic mass is 79.9. The number of benzene rings is 1. The number of hydrogen-bond acceptors (Lipinski definition) is 5. The topological polar surface area (TPSA) is 66.7 Å². The molecule has 0 atom stereocenters. The lowest BCUT2D eigenvalue weighted by atomic mass is 10.2. The molecule has 2 aromatic rings. The van der Waals surface area contributed by atoms with E-state index in [0.717, 1.165) is 15.1 Å². The average Bonchev–Trinajstić information content (AvgIpc) is 3.09. The average molecular weight is 438 g/mol. The van der Waals surface area contributed by atoms with Crippen LogP contribution in [0.2, 0.25) is 0 Å². The van der Waals surface area contributed by atoms with Crippen molar-refractivity contribution < 1.29 is 14.1 Å². The molecule has 1 saturated heterocycles. The summed E-state index contributed by atoms with van der Waals surface area (Å²) < 4.78 is 6.08. The molecule has 0 saturated carbocycles. The van der Waals surface area contributed by atoms with Crippen molar-refractivity contribution in [2.24, 2.45) is 0 Å². The molecule has 0 bridgehead atoms. The van der Waals surface area contributed by atoms with Crippen molar-refractivity contribution in [3.63, 3.8) is 0 Å². The molecule has 26 heavy (non-hydrogen) atoms. The van der Waals surface area contributed by atoms with E-state index in [4.69, 9.17) is 4.52 Å². The highest BCUT2D eigenvalue weighted by Crippen LogP contribution is 2.27. The zero-order valence-corrected chi connectivity index (χ0v) is 16.9. The number of nitrogens with zero attached hydrogens (tertiary/aromatic N) is 3. The van der Waals surface area contributed by atoms with Gasteiger partial charge in [-0.1, -0.05) is 17.3 Å². The summed E-state index contributed by atoms with van der Waals surface area (Å²) in [7, 11) is 0. The molecular formula is C18H20BrN3O3S. The van der Waals surface area contributed by atoms with Crippen LogP contribution in [0.25, 0.3) is 0 Å². The van der Waals surface area contributed by atoms with Crippen LogP contribution < -0.4 is 0 Å². The number of amides is 2. The van der Waals surface area contributed by atoms with Crippen molar-refractivity contribution in [2.45, 2.75) is 18.2 Å². The smallest absolute Gasteiger partial charge is 0.292 e. The van der Waals surface area contributed by atoms with E-state index in [0.29, 0.717) is 38.3 Å². The van der Waals surface area contributed by atoms with E-state index in [9.17, 15) is 9.59 Å². The molecule has 2 heterocycles. The van der Waals surface area contributed by atoms with E-state index in [1.165, 1.54) is 0 Å². The Morgan fingerprint density at radius 2 is 1.88 bits per heavy atom. The molecule has 1 aliphatic heterocycles. The summed E-state index contributed by atoms with van der Waals surface area (Å²) >= 11 is 5.18. The SMILES string of the molecule is Cc1cc(C(=O)N2CCN(C(=O)CCSc3ccccc3Br)CC2)on1. The van der Waals surface area contributed by atoms with Gasteiger partial charge < -0.3 is 14.3 Å². The fourth-order valence-corrected chi connectivity index (χ4v) is 4.25. The molecule has 0 spiro atoms. The molecular weight excluding hydrogens is 418 g/mol. The largest absolute Gasteiger partial charge is 0.351 e. The number of hydrogen-bond donors (Lipinski definition) is 0. The molecule has 1 aromatic heterocycles. The van der Waals surface area contributed by atoms with Crippen LogP contribution in [0.4, 0.5) is 0 Å². The fourth-order valence-electron chi connectivity index (χ4n) is 2.75.